The molecule has 88 valence electrons. The molecule has 0 aliphatic heterocycles. The van der Waals surface area contributed by atoms with E-state index in [0.29, 0.717) is 0 Å². The van der Waals surface area contributed by atoms with Crippen molar-refractivity contribution in [3.8, 4) is 11.5 Å². The van der Waals surface area contributed by atoms with Crippen molar-refractivity contribution in [3.05, 3.63) is 48.5 Å². The number of anilines is 2. The van der Waals surface area contributed by atoms with E-state index in [4.69, 9.17) is 4.74 Å². The first-order valence-corrected chi connectivity index (χ1v) is 5.55. The highest BCUT2D eigenvalue weighted by molar-refractivity contribution is 5.51. The Bertz CT molecular complexity index is 452. The molecule has 0 saturated heterocycles. The van der Waals surface area contributed by atoms with Gasteiger partial charge in [0.15, 0.2) is 0 Å². The lowest BCUT2D eigenvalue weighted by molar-refractivity contribution is 0.483. The van der Waals surface area contributed by atoms with Gasteiger partial charge in [0.2, 0.25) is 0 Å². The van der Waals surface area contributed by atoms with Gasteiger partial charge in [-0.05, 0) is 24.3 Å². The van der Waals surface area contributed by atoms with Crippen LogP contribution in [-0.4, -0.2) is 14.1 Å². The van der Waals surface area contributed by atoms with Crippen LogP contribution in [0.25, 0.3) is 0 Å². The number of hydrogen-bond donors (Lipinski definition) is 2. The first-order chi connectivity index (χ1) is 8.31. The fourth-order valence-corrected chi connectivity index (χ4v) is 1.57. The average Bonchev–Trinajstić information content (AvgIpc) is 2.39. The van der Waals surface area contributed by atoms with Gasteiger partial charge in [-0.15, -0.1) is 0 Å². The Morgan fingerprint density at radius 2 is 1.24 bits per heavy atom. The Morgan fingerprint density at radius 3 is 1.65 bits per heavy atom. The van der Waals surface area contributed by atoms with Crippen LogP contribution >= 0.6 is 0 Å². The summed E-state index contributed by atoms with van der Waals surface area (Å²) in [6, 6.07) is 15.7. The molecule has 0 amide bonds. The molecule has 0 fully saturated rings. The van der Waals surface area contributed by atoms with Crippen LogP contribution in [0.5, 0.6) is 11.5 Å². The van der Waals surface area contributed by atoms with E-state index >= 15 is 0 Å². The molecule has 2 aromatic rings. The lowest BCUT2D eigenvalue weighted by Crippen LogP contribution is -1.91. The summed E-state index contributed by atoms with van der Waals surface area (Å²) in [7, 11) is 3.78. The molecule has 0 aromatic heterocycles. The number of ether oxygens (including phenoxy) is 1. The number of hydrogen-bond acceptors (Lipinski definition) is 3. The molecular weight excluding hydrogens is 212 g/mol. The Hall–Kier alpha value is -2.16. The van der Waals surface area contributed by atoms with E-state index in [1.54, 1.807) is 0 Å². The molecule has 0 aliphatic carbocycles. The first kappa shape index (κ1) is 11.3. The van der Waals surface area contributed by atoms with E-state index < -0.39 is 0 Å². The van der Waals surface area contributed by atoms with Crippen LogP contribution in [-0.2, 0) is 0 Å². The Kier molecular flexibility index (Phi) is 3.50. The maximum Gasteiger partial charge on any atom is 0.129 e. The molecule has 0 heterocycles. The molecule has 17 heavy (non-hydrogen) atoms. The van der Waals surface area contributed by atoms with Crippen LogP contribution in [0, 0.1) is 0 Å². The summed E-state index contributed by atoms with van der Waals surface area (Å²) in [6.07, 6.45) is 0. The van der Waals surface area contributed by atoms with Gasteiger partial charge in [0.05, 0.1) is 0 Å². The number of benzene rings is 2. The Balaban J connectivity index is 2.18. The van der Waals surface area contributed by atoms with E-state index in [2.05, 4.69) is 10.6 Å². The van der Waals surface area contributed by atoms with Crippen molar-refractivity contribution < 1.29 is 4.74 Å². The SMILES string of the molecule is CNc1cccc(Oc2cccc(NC)c2)c1. The smallest absolute Gasteiger partial charge is 0.129 e. The minimum Gasteiger partial charge on any atom is -0.457 e. The van der Waals surface area contributed by atoms with Gasteiger partial charge in [0.1, 0.15) is 11.5 Å². The van der Waals surface area contributed by atoms with Crippen LogP contribution < -0.4 is 15.4 Å². The van der Waals surface area contributed by atoms with Crippen LogP contribution in [0.2, 0.25) is 0 Å². The van der Waals surface area contributed by atoms with Crippen LogP contribution in [0.3, 0.4) is 0 Å². The molecule has 0 spiro atoms. The third kappa shape index (κ3) is 2.91. The molecule has 0 radical (unpaired) electrons. The molecular formula is C14H16N2O. The second kappa shape index (κ2) is 5.25. The summed E-state index contributed by atoms with van der Waals surface area (Å²) in [4.78, 5) is 0. The maximum atomic E-state index is 5.78. The predicted molar refractivity (Wildman–Crippen MR) is 72.1 cm³/mol. The van der Waals surface area contributed by atoms with Crippen molar-refractivity contribution >= 4 is 11.4 Å². The zero-order valence-corrected chi connectivity index (χ0v) is 10.0. The fraction of sp³-hybridized carbons (Fsp3) is 0.143. The molecule has 3 heteroatoms. The van der Waals surface area contributed by atoms with E-state index in [-0.39, 0.29) is 0 Å². The molecule has 2 N–H and O–H groups in total. The first-order valence-electron chi connectivity index (χ1n) is 5.55. The minimum atomic E-state index is 0.824. The second-order valence-electron chi connectivity index (χ2n) is 3.66. The van der Waals surface area contributed by atoms with E-state index in [1.165, 1.54) is 0 Å². The standard InChI is InChI=1S/C14H16N2O/c1-15-11-5-3-7-13(9-11)17-14-8-4-6-12(10-14)16-2/h3-10,15-16H,1-2H3. The van der Waals surface area contributed by atoms with Gasteiger partial charge in [-0.3, -0.25) is 0 Å². The normalized spacial score (nSPS) is 9.76. The topological polar surface area (TPSA) is 33.3 Å². The Labute approximate surface area is 101 Å². The zero-order chi connectivity index (χ0) is 12.1. The quantitative estimate of drug-likeness (QED) is 0.839. The van der Waals surface area contributed by atoms with Crippen molar-refractivity contribution in [2.24, 2.45) is 0 Å². The third-order valence-electron chi connectivity index (χ3n) is 2.48. The molecule has 0 bridgehead atoms. The van der Waals surface area contributed by atoms with Gasteiger partial charge in [0, 0.05) is 37.6 Å². The van der Waals surface area contributed by atoms with E-state index in [9.17, 15) is 0 Å². The lowest BCUT2D eigenvalue weighted by Gasteiger charge is -2.08. The van der Waals surface area contributed by atoms with Crippen LogP contribution in [0.1, 0.15) is 0 Å². The molecule has 2 rings (SSSR count). The van der Waals surface area contributed by atoms with Gasteiger partial charge in [-0.25, -0.2) is 0 Å². The zero-order valence-electron chi connectivity index (χ0n) is 10.0. The van der Waals surface area contributed by atoms with Gasteiger partial charge >= 0.3 is 0 Å². The highest BCUT2D eigenvalue weighted by atomic mass is 16.5. The molecule has 0 saturated carbocycles. The fourth-order valence-electron chi connectivity index (χ4n) is 1.57. The second-order valence-corrected chi connectivity index (χ2v) is 3.66. The summed E-state index contributed by atoms with van der Waals surface area (Å²) in [6.45, 7) is 0. The largest absolute Gasteiger partial charge is 0.457 e. The molecule has 0 unspecified atom stereocenters. The monoisotopic (exact) mass is 228 g/mol. The molecule has 3 nitrogen and oxygen atoms in total. The lowest BCUT2D eigenvalue weighted by atomic mass is 10.3. The number of nitrogens with one attached hydrogen (secondary N) is 2. The van der Waals surface area contributed by atoms with Crippen molar-refractivity contribution in [1.82, 2.24) is 0 Å². The molecule has 0 atom stereocenters. The minimum absolute atomic E-state index is 0.824. The number of rotatable bonds is 4. The van der Waals surface area contributed by atoms with Gasteiger partial charge in [-0.1, -0.05) is 12.1 Å². The predicted octanol–water partition coefficient (Wildman–Crippen LogP) is 3.56. The summed E-state index contributed by atoms with van der Waals surface area (Å²) < 4.78 is 5.78. The van der Waals surface area contributed by atoms with Gasteiger partial charge in [0.25, 0.3) is 0 Å². The van der Waals surface area contributed by atoms with Crippen molar-refractivity contribution in [2.75, 3.05) is 24.7 Å². The average molecular weight is 228 g/mol. The van der Waals surface area contributed by atoms with Crippen LogP contribution in [0.4, 0.5) is 11.4 Å². The molecule has 0 aliphatic rings. The molecule has 2 aromatic carbocycles. The summed E-state index contributed by atoms with van der Waals surface area (Å²) in [5.74, 6) is 1.65. The summed E-state index contributed by atoms with van der Waals surface area (Å²) in [5.41, 5.74) is 2.07. The van der Waals surface area contributed by atoms with Gasteiger partial charge in [-0.2, -0.15) is 0 Å². The van der Waals surface area contributed by atoms with E-state index in [1.807, 2.05) is 62.6 Å². The van der Waals surface area contributed by atoms with Crippen molar-refractivity contribution in [3.63, 3.8) is 0 Å². The maximum absolute atomic E-state index is 5.78. The summed E-state index contributed by atoms with van der Waals surface area (Å²) in [5, 5.41) is 6.17. The Morgan fingerprint density at radius 1 is 0.765 bits per heavy atom. The highest BCUT2D eigenvalue weighted by Gasteiger charge is 1.99. The highest BCUT2D eigenvalue weighted by Crippen LogP contribution is 2.25. The third-order valence-corrected chi connectivity index (χ3v) is 2.48. The van der Waals surface area contributed by atoms with Crippen molar-refractivity contribution in [2.45, 2.75) is 0 Å². The van der Waals surface area contributed by atoms with Crippen molar-refractivity contribution in [1.29, 1.82) is 0 Å². The van der Waals surface area contributed by atoms with Crippen LogP contribution in [0.15, 0.2) is 48.5 Å². The van der Waals surface area contributed by atoms with Gasteiger partial charge < -0.3 is 15.4 Å². The summed E-state index contributed by atoms with van der Waals surface area (Å²) >= 11 is 0. The van der Waals surface area contributed by atoms with E-state index in [0.717, 1.165) is 22.9 Å².